The smallest absolute Gasteiger partial charge is 0.150 e. The van der Waals surface area contributed by atoms with E-state index in [1.807, 2.05) is 19.1 Å². The molecule has 0 saturated heterocycles. The van der Waals surface area contributed by atoms with Crippen molar-refractivity contribution in [3.8, 4) is 11.1 Å². The molecule has 2 aromatic carbocycles. The highest BCUT2D eigenvalue weighted by molar-refractivity contribution is 5.79. The summed E-state index contributed by atoms with van der Waals surface area (Å²) in [5.74, 6) is 0.681. The fourth-order valence-corrected chi connectivity index (χ4v) is 2.29. The maximum absolute atomic E-state index is 10.8. The molecule has 0 fully saturated rings. The normalized spacial score (nSPS) is 10.7. The number of hydrogen-bond acceptors (Lipinski definition) is 1. The summed E-state index contributed by atoms with van der Waals surface area (Å²) < 4.78 is 0. The maximum Gasteiger partial charge on any atom is 0.150 e. The van der Waals surface area contributed by atoms with Gasteiger partial charge in [-0.15, -0.1) is 0 Å². The van der Waals surface area contributed by atoms with Gasteiger partial charge in [0.15, 0.2) is 0 Å². The van der Waals surface area contributed by atoms with Gasteiger partial charge in [0.25, 0.3) is 0 Å². The maximum atomic E-state index is 10.8. The highest BCUT2D eigenvalue weighted by Gasteiger charge is 2.03. The van der Waals surface area contributed by atoms with E-state index in [0.29, 0.717) is 5.92 Å². The molecule has 0 saturated carbocycles. The zero-order valence-corrected chi connectivity index (χ0v) is 11.8. The van der Waals surface area contributed by atoms with Gasteiger partial charge in [0.05, 0.1) is 0 Å². The molecular formula is C18H20O. The number of benzene rings is 2. The van der Waals surface area contributed by atoms with Gasteiger partial charge in [-0.3, -0.25) is 4.79 Å². The topological polar surface area (TPSA) is 17.1 Å². The predicted octanol–water partition coefficient (Wildman–Crippen LogP) is 4.67. The van der Waals surface area contributed by atoms with Crippen LogP contribution in [0.15, 0.2) is 42.5 Å². The summed E-state index contributed by atoms with van der Waals surface area (Å²) in [6.07, 6.45) is 2.02. The lowest BCUT2D eigenvalue weighted by molar-refractivity contribution is 0.112. The van der Waals surface area contributed by atoms with Gasteiger partial charge >= 0.3 is 0 Å². The molecule has 0 N–H and O–H groups in total. The van der Waals surface area contributed by atoms with Crippen molar-refractivity contribution in [3.05, 3.63) is 59.2 Å². The lowest BCUT2D eigenvalue weighted by atomic mass is 9.97. The molecule has 2 rings (SSSR count). The summed E-state index contributed by atoms with van der Waals surface area (Å²) >= 11 is 0. The first-order valence-corrected chi connectivity index (χ1v) is 6.75. The monoisotopic (exact) mass is 252 g/mol. The first-order chi connectivity index (χ1) is 9.10. The molecular weight excluding hydrogens is 232 g/mol. The Morgan fingerprint density at radius 3 is 2.16 bits per heavy atom. The van der Waals surface area contributed by atoms with E-state index in [4.69, 9.17) is 0 Å². The van der Waals surface area contributed by atoms with Crippen LogP contribution in [0.25, 0.3) is 11.1 Å². The first-order valence-electron chi connectivity index (χ1n) is 6.75. The van der Waals surface area contributed by atoms with Gasteiger partial charge in [-0.25, -0.2) is 0 Å². The van der Waals surface area contributed by atoms with E-state index in [9.17, 15) is 4.79 Å². The van der Waals surface area contributed by atoms with Crippen molar-refractivity contribution in [2.75, 3.05) is 0 Å². The van der Waals surface area contributed by atoms with E-state index in [0.717, 1.165) is 23.8 Å². The third-order valence-electron chi connectivity index (χ3n) is 3.33. The number of aryl methyl sites for hydroxylation is 1. The molecule has 0 atom stereocenters. The van der Waals surface area contributed by atoms with Gasteiger partial charge in [-0.2, -0.15) is 0 Å². The third kappa shape index (κ3) is 3.31. The lowest BCUT2D eigenvalue weighted by Gasteiger charge is -2.08. The average molecular weight is 252 g/mol. The van der Waals surface area contributed by atoms with E-state index >= 15 is 0 Å². The molecule has 19 heavy (non-hydrogen) atoms. The van der Waals surface area contributed by atoms with Crippen LogP contribution in [0, 0.1) is 12.8 Å². The Balaban J connectivity index is 2.27. The first kappa shape index (κ1) is 13.5. The largest absolute Gasteiger partial charge is 0.298 e. The van der Waals surface area contributed by atoms with Crippen LogP contribution in [0.1, 0.15) is 35.3 Å². The number of aldehydes is 1. The Bertz CT molecular complexity index is 565. The van der Waals surface area contributed by atoms with E-state index in [1.54, 1.807) is 0 Å². The molecule has 98 valence electrons. The minimum Gasteiger partial charge on any atom is -0.298 e. The molecule has 1 nitrogen and oxygen atoms in total. The highest BCUT2D eigenvalue weighted by atomic mass is 16.1. The van der Waals surface area contributed by atoms with Crippen LogP contribution in [0.3, 0.4) is 0 Å². The van der Waals surface area contributed by atoms with Gasteiger partial charge in [-0.05, 0) is 41.5 Å². The van der Waals surface area contributed by atoms with Crippen molar-refractivity contribution < 1.29 is 4.79 Å². The summed E-state index contributed by atoms with van der Waals surface area (Å²) in [7, 11) is 0. The molecule has 0 bridgehead atoms. The van der Waals surface area contributed by atoms with Crippen molar-refractivity contribution in [2.45, 2.75) is 27.2 Å². The minimum atomic E-state index is 0.681. The summed E-state index contributed by atoms with van der Waals surface area (Å²) in [6.45, 7) is 6.44. The van der Waals surface area contributed by atoms with Gasteiger partial charge in [-0.1, -0.05) is 56.3 Å². The molecule has 1 heteroatoms. The zero-order chi connectivity index (χ0) is 13.8. The highest BCUT2D eigenvalue weighted by Crippen LogP contribution is 2.23. The predicted molar refractivity (Wildman–Crippen MR) is 80.5 cm³/mol. The van der Waals surface area contributed by atoms with Gasteiger partial charge in [0.1, 0.15) is 6.29 Å². The van der Waals surface area contributed by atoms with Gasteiger partial charge < -0.3 is 0 Å². The second kappa shape index (κ2) is 5.83. The molecule has 0 spiro atoms. The summed E-state index contributed by atoms with van der Waals surface area (Å²) in [4.78, 5) is 10.8. The van der Waals surface area contributed by atoms with Crippen LogP contribution in [0.5, 0.6) is 0 Å². The Labute approximate surface area is 115 Å². The lowest BCUT2D eigenvalue weighted by Crippen LogP contribution is -1.93. The number of carbonyl (C=O) groups excluding carboxylic acids is 1. The Morgan fingerprint density at radius 2 is 1.63 bits per heavy atom. The molecule has 0 aliphatic heterocycles. The molecule has 2 aromatic rings. The second-order valence-corrected chi connectivity index (χ2v) is 5.48. The fraction of sp³-hybridized carbons (Fsp3) is 0.278. The molecule has 0 unspecified atom stereocenters. The van der Waals surface area contributed by atoms with Crippen molar-refractivity contribution in [1.82, 2.24) is 0 Å². The van der Waals surface area contributed by atoms with Crippen molar-refractivity contribution in [1.29, 1.82) is 0 Å². The van der Waals surface area contributed by atoms with Gasteiger partial charge in [0.2, 0.25) is 0 Å². The molecule has 0 radical (unpaired) electrons. The van der Waals surface area contributed by atoms with E-state index in [2.05, 4.69) is 44.2 Å². The summed E-state index contributed by atoms with van der Waals surface area (Å²) in [5.41, 5.74) is 5.53. The van der Waals surface area contributed by atoms with Crippen LogP contribution in [-0.4, -0.2) is 6.29 Å². The standard InChI is InChI=1S/C18H20O/c1-13(2)10-15-4-6-16(7-5-15)17-8-9-18(12-19)14(3)11-17/h4-9,11-13H,10H2,1-3H3. The van der Waals surface area contributed by atoms with Crippen LogP contribution in [0.4, 0.5) is 0 Å². The Morgan fingerprint density at radius 1 is 1.00 bits per heavy atom. The number of carbonyl (C=O) groups is 1. The second-order valence-electron chi connectivity index (χ2n) is 5.48. The van der Waals surface area contributed by atoms with E-state index in [-0.39, 0.29) is 0 Å². The van der Waals surface area contributed by atoms with Crippen LogP contribution >= 0.6 is 0 Å². The fourth-order valence-electron chi connectivity index (χ4n) is 2.29. The minimum absolute atomic E-state index is 0.681. The van der Waals surface area contributed by atoms with Crippen molar-refractivity contribution in [2.24, 2.45) is 5.92 Å². The average Bonchev–Trinajstić information content (AvgIpc) is 2.39. The number of rotatable bonds is 4. The van der Waals surface area contributed by atoms with Crippen molar-refractivity contribution >= 4 is 6.29 Å². The molecule has 0 aliphatic carbocycles. The zero-order valence-electron chi connectivity index (χ0n) is 11.8. The number of hydrogen-bond donors (Lipinski definition) is 0. The molecule has 0 amide bonds. The van der Waals surface area contributed by atoms with Crippen LogP contribution < -0.4 is 0 Å². The Hall–Kier alpha value is -1.89. The Kier molecular flexibility index (Phi) is 4.16. The third-order valence-corrected chi connectivity index (χ3v) is 3.33. The summed E-state index contributed by atoms with van der Waals surface area (Å²) in [5, 5.41) is 0. The van der Waals surface area contributed by atoms with E-state index in [1.165, 1.54) is 16.7 Å². The van der Waals surface area contributed by atoms with Crippen LogP contribution in [-0.2, 0) is 6.42 Å². The van der Waals surface area contributed by atoms with Gasteiger partial charge in [0, 0.05) is 5.56 Å². The SMILES string of the molecule is Cc1cc(-c2ccc(CC(C)C)cc2)ccc1C=O. The van der Waals surface area contributed by atoms with Crippen molar-refractivity contribution in [3.63, 3.8) is 0 Å². The molecule has 0 aromatic heterocycles. The molecule has 0 heterocycles. The quantitative estimate of drug-likeness (QED) is 0.722. The molecule has 0 aliphatic rings. The van der Waals surface area contributed by atoms with Crippen LogP contribution in [0.2, 0.25) is 0 Å². The van der Waals surface area contributed by atoms with E-state index < -0.39 is 0 Å². The summed E-state index contributed by atoms with van der Waals surface area (Å²) in [6, 6.07) is 14.7.